The van der Waals surface area contributed by atoms with E-state index in [1.165, 1.54) is 42.6 Å². The summed E-state index contributed by atoms with van der Waals surface area (Å²) < 4.78 is 6.15. The van der Waals surface area contributed by atoms with Gasteiger partial charge in [0.15, 0.2) is 5.96 Å². The summed E-state index contributed by atoms with van der Waals surface area (Å²) in [6.45, 7) is 2.66. The molecular formula is C20H34IN3OS. The lowest BCUT2D eigenvalue weighted by Crippen LogP contribution is -2.38. The van der Waals surface area contributed by atoms with Crippen molar-refractivity contribution < 1.29 is 4.74 Å². The van der Waals surface area contributed by atoms with E-state index in [4.69, 9.17) is 4.74 Å². The minimum absolute atomic E-state index is 0. The van der Waals surface area contributed by atoms with Gasteiger partial charge in [-0.15, -0.1) is 24.0 Å². The van der Waals surface area contributed by atoms with Crippen molar-refractivity contribution in [2.45, 2.75) is 44.6 Å². The topological polar surface area (TPSA) is 45.7 Å². The quantitative estimate of drug-likeness (QED) is 0.221. The van der Waals surface area contributed by atoms with Crippen LogP contribution in [0.4, 0.5) is 0 Å². The lowest BCUT2D eigenvalue weighted by atomic mass is 9.89. The van der Waals surface area contributed by atoms with Crippen LogP contribution in [0.1, 0.15) is 49.3 Å². The Morgan fingerprint density at radius 2 is 1.96 bits per heavy atom. The molecule has 0 saturated carbocycles. The van der Waals surface area contributed by atoms with Crippen molar-refractivity contribution in [3.63, 3.8) is 0 Å². The van der Waals surface area contributed by atoms with Crippen LogP contribution in [0.25, 0.3) is 0 Å². The van der Waals surface area contributed by atoms with Crippen molar-refractivity contribution in [3.8, 4) is 0 Å². The Hall–Kier alpha value is -0.470. The number of hydrogen-bond donors (Lipinski definition) is 2. The molecule has 1 unspecified atom stereocenters. The number of benzene rings is 1. The highest BCUT2D eigenvalue weighted by Gasteiger charge is 2.19. The molecule has 1 atom stereocenters. The van der Waals surface area contributed by atoms with Crippen molar-refractivity contribution in [1.29, 1.82) is 0 Å². The summed E-state index contributed by atoms with van der Waals surface area (Å²) in [6.07, 6.45) is 9.42. The van der Waals surface area contributed by atoms with E-state index >= 15 is 0 Å². The van der Waals surface area contributed by atoms with E-state index in [2.05, 4.69) is 46.1 Å². The minimum Gasteiger partial charge on any atom is -0.373 e. The summed E-state index contributed by atoms with van der Waals surface area (Å²) in [6, 6.07) is 8.71. The second-order valence-corrected chi connectivity index (χ2v) is 7.42. The van der Waals surface area contributed by atoms with Crippen LogP contribution in [0.3, 0.4) is 0 Å². The molecule has 1 aromatic rings. The zero-order valence-corrected chi connectivity index (χ0v) is 19.3. The zero-order chi connectivity index (χ0) is 17.7. The van der Waals surface area contributed by atoms with Crippen LogP contribution in [0.15, 0.2) is 29.3 Å². The summed E-state index contributed by atoms with van der Waals surface area (Å²) >= 11 is 1.91. The van der Waals surface area contributed by atoms with Crippen LogP contribution in [-0.2, 0) is 11.2 Å². The maximum absolute atomic E-state index is 6.15. The molecule has 0 aromatic heterocycles. The predicted molar refractivity (Wildman–Crippen MR) is 125 cm³/mol. The molecule has 0 radical (unpaired) electrons. The third-order valence-electron chi connectivity index (χ3n) is 4.54. The molecule has 0 aliphatic heterocycles. The number of fused-ring (bicyclic) bond motifs is 1. The van der Waals surface area contributed by atoms with Crippen LogP contribution in [0.2, 0.25) is 0 Å². The second kappa shape index (κ2) is 14.6. The number of rotatable bonds is 10. The van der Waals surface area contributed by atoms with Gasteiger partial charge in [0.2, 0.25) is 0 Å². The molecule has 0 bridgehead atoms. The summed E-state index contributed by atoms with van der Waals surface area (Å²) in [5.74, 6) is 2.13. The highest BCUT2D eigenvalue weighted by molar-refractivity contribution is 14.0. The molecule has 1 aliphatic rings. The Morgan fingerprint density at radius 3 is 2.73 bits per heavy atom. The van der Waals surface area contributed by atoms with E-state index in [0.717, 1.165) is 38.5 Å². The second-order valence-electron chi connectivity index (χ2n) is 6.43. The average molecular weight is 491 g/mol. The fraction of sp³-hybridized carbons (Fsp3) is 0.650. The lowest BCUT2D eigenvalue weighted by molar-refractivity contribution is 0.0398. The first-order chi connectivity index (χ1) is 12.3. The zero-order valence-electron chi connectivity index (χ0n) is 16.1. The van der Waals surface area contributed by atoms with Gasteiger partial charge < -0.3 is 15.4 Å². The largest absolute Gasteiger partial charge is 0.373 e. The van der Waals surface area contributed by atoms with Gasteiger partial charge in [-0.25, -0.2) is 0 Å². The molecule has 1 aromatic carbocycles. The summed E-state index contributed by atoms with van der Waals surface area (Å²) in [7, 11) is 1.83. The number of aryl methyl sites for hydroxylation is 1. The minimum atomic E-state index is 0. The molecular weight excluding hydrogens is 457 g/mol. The van der Waals surface area contributed by atoms with Gasteiger partial charge in [0.05, 0.1) is 6.10 Å². The SMILES string of the molecule is CN=C(NCCCCSC)NCCCOC1CCCc2ccccc21.I. The van der Waals surface area contributed by atoms with Crippen molar-refractivity contribution in [2.75, 3.05) is 38.8 Å². The van der Waals surface area contributed by atoms with E-state index in [1.54, 1.807) is 0 Å². The number of aliphatic imine (C=N–C) groups is 1. The van der Waals surface area contributed by atoms with E-state index in [0.29, 0.717) is 0 Å². The molecule has 148 valence electrons. The fourth-order valence-corrected chi connectivity index (χ4v) is 3.68. The molecule has 26 heavy (non-hydrogen) atoms. The first-order valence-electron chi connectivity index (χ1n) is 9.48. The average Bonchev–Trinajstić information content (AvgIpc) is 2.66. The van der Waals surface area contributed by atoms with E-state index in [-0.39, 0.29) is 30.1 Å². The first-order valence-corrected chi connectivity index (χ1v) is 10.9. The van der Waals surface area contributed by atoms with Gasteiger partial charge in [-0.2, -0.15) is 11.8 Å². The van der Waals surface area contributed by atoms with Crippen LogP contribution in [-0.4, -0.2) is 44.7 Å². The van der Waals surface area contributed by atoms with Crippen LogP contribution in [0, 0.1) is 0 Å². The van der Waals surface area contributed by atoms with Crippen LogP contribution >= 0.6 is 35.7 Å². The molecule has 4 nitrogen and oxygen atoms in total. The molecule has 0 spiro atoms. The molecule has 0 fully saturated rings. The molecule has 2 N–H and O–H groups in total. The fourth-order valence-electron chi connectivity index (χ4n) is 3.19. The normalized spacial score (nSPS) is 16.5. The Labute approximate surface area is 180 Å². The van der Waals surface area contributed by atoms with Crippen molar-refractivity contribution in [2.24, 2.45) is 4.99 Å². The smallest absolute Gasteiger partial charge is 0.190 e. The Morgan fingerprint density at radius 1 is 1.19 bits per heavy atom. The van der Waals surface area contributed by atoms with Gasteiger partial charge in [0.1, 0.15) is 0 Å². The van der Waals surface area contributed by atoms with Crippen molar-refractivity contribution in [1.82, 2.24) is 10.6 Å². The maximum Gasteiger partial charge on any atom is 0.190 e. The lowest BCUT2D eigenvalue weighted by Gasteiger charge is -2.25. The van der Waals surface area contributed by atoms with Crippen molar-refractivity contribution >= 4 is 41.7 Å². The number of guanidine groups is 1. The van der Waals surface area contributed by atoms with E-state index in [1.807, 2.05) is 18.8 Å². The first kappa shape index (κ1) is 23.6. The number of ether oxygens (including phenoxy) is 1. The van der Waals surface area contributed by atoms with Gasteiger partial charge in [0, 0.05) is 26.7 Å². The monoisotopic (exact) mass is 491 g/mol. The number of hydrogen-bond acceptors (Lipinski definition) is 3. The molecule has 6 heteroatoms. The Bertz CT molecular complexity index is 528. The third kappa shape index (κ3) is 8.48. The van der Waals surface area contributed by atoms with Gasteiger partial charge in [0.25, 0.3) is 0 Å². The molecule has 1 aliphatic carbocycles. The van der Waals surface area contributed by atoms with Gasteiger partial charge >= 0.3 is 0 Å². The highest BCUT2D eigenvalue weighted by Crippen LogP contribution is 2.32. The molecule has 2 rings (SSSR count). The Balaban J connectivity index is 0.00000338. The maximum atomic E-state index is 6.15. The predicted octanol–water partition coefficient (Wildman–Crippen LogP) is 4.40. The van der Waals surface area contributed by atoms with Crippen molar-refractivity contribution in [3.05, 3.63) is 35.4 Å². The number of nitrogens with zero attached hydrogens (tertiary/aromatic N) is 1. The number of nitrogens with one attached hydrogen (secondary N) is 2. The van der Waals surface area contributed by atoms with Crippen LogP contribution in [0.5, 0.6) is 0 Å². The standard InChI is InChI=1S/C20H33N3OS.HI/c1-21-20(22-13-5-6-16-25-2)23-14-8-15-24-19-12-7-10-17-9-3-4-11-18(17)19;/h3-4,9,11,19H,5-8,10,12-16H2,1-2H3,(H2,21,22,23);1H. The van der Waals surface area contributed by atoms with Gasteiger partial charge in [-0.1, -0.05) is 24.3 Å². The Kier molecular flexibility index (Phi) is 13.2. The van der Waals surface area contributed by atoms with E-state index < -0.39 is 0 Å². The molecule has 0 amide bonds. The van der Waals surface area contributed by atoms with Crippen LogP contribution < -0.4 is 10.6 Å². The van der Waals surface area contributed by atoms with Gasteiger partial charge in [-0.05, 0) is 61.7 Å². The summed E-state index contributed by atoms with van der Waals surface area (Å²) in [5.41, 5.74) is 2.85. The van der Waals surface area contributed by atoms with Gasteiger partial charge in [-0.3, -0.25) is 4.99 Å². The number of halogens is 1. The number of thioether (sulfide) groups is 1. The van der Waals surface area contributed by atoms with E-state index in [9.17, 15) is 0 Å². The molecule has 0 saturated heterocycles. The number of unbranched alkanes of at least 4 members (excludes halogenated alkanes) is 1. The third-order valence-corrected chi connectivity index (χ3v) is 5.24. The molecule has 0 heterocycles. The summed E-state index contributed by atoms with van der Waals surface area (Å²) in [5, 5.41) is 6.74. The highest BCUT2D eigenvalue weighted by atomic mass is 127. The summed E-state index contributed by atoms with van der Waals surface area (Å²) in [4.78, 5) is 4.27.